The summed E-state index contributed by atoms with van der Waals surface area (Å²) >= 11 is 0. The summed E-state index contributed by atoms with van der Waals surface area (Å²) in [6, 6.07) is 5.65. The van der Waals surface area contributed by atoms with Crippen LogP contribution in [0.4, 0.5) is 5.69 Å². The molecule has 0 spiro atoms. The molecule has 2 heterocycles. The van der Waals surface area contributed by atoms with Crippen LogP contribution >= 0.6 is 12.4 Å². The Labute approximate surface area is 157 Å². The van der Waals surface area contributed by atoms with Crippen molar-refractivity contribution < 1.29 is 9.59 Å². The molecule has 7 nitrogen and oxygen atoms in total. The highest BCUT2D eigenvalue weighted by Crippen LogP contribution is 2.22. The summed E-state index contributed by atoms with van der Waals surface area (Å²) in [7, 11) is 0. The number of halogens is 1. The molecule has 4 rings (SSSR count). The molecule has 1 aliphatic heterocycles. The van der Waals surface area contributed by atoms with Crippen molar-refractivity contribution in [3.8, 4) is 0 Å². The number of carbonyl (C=O) groups is 2. The fraction of sp³-hybridized carbons (Fsp3) is 0.389. The predicted molar refractivity (Wildman–Crippen MR) is 101 cm³/mol. The number of aromatic nitrogens is 2. The van der Waals surface area contributed by atoms with Crippen LogP contribution in [-0.2, 0) is 13.0 Å². The number of aryl methyl sites for hydroxylation is 1. The highest BCUT2D eigenvalue weighted by atomic mass is 35.5. The van der Waals surface area contributed by atoms with E-state index in [1.807, 2.05) is 13.0 Å². The number of nitrogens with one attached hydrogen (secondary N) is 4. The number of hydrogen-bond acceptors (Lipinski definition) is 4. The van der Waals surface area contributed by atoms with Crippen LogP contribution in [0.3, 0.4) is 0 Å². The van der Waals surface area contributed by atoms with Crippen molar-refractivity contribution in [2.45, 2.75) is 38.8 Å². The standard InChI is InChI=1S/C18H21N5O2.ClH/c1-10-2-3-11(17(24)20-12-4-5-12)8-15(10)21-18(25)16-13-9-19-7-6-14(13)22-23-16;/h2-3,8,12,19H,4-7,9H2,1H3,(H,20,24)(H,21,25)(H,22,23);1H. The zero-order valence-corrected chi connectivity index (χ0v) is 15.3. The Bertz CT molecular complexity index is 844. The monoisotopic (exact) mass is 375 g/mol. The summed E-state index contributed by atoms with van der Waals surface area (Å²) < 4.78 is 0. The predicted octanol–water partition coefficient (Wildman–Crippen LogP) is 1.93. The molecule has 0 saturated heterocycles. The van der Waals surface area contributed by atoms with E-state index in [0.717, 1.165) is 42.6 Å². The van der Waals surface area contributed by atoms with Crippen molar-refractivity contribution in [1.29, 1.82) is 0 Å². The average molecular weight is 376 g/mol. The number of anilines is 1. The molecule has 1 aromatic heterocycles. The van der Waals surface area contributed by atoms with Crippen LogP contribution in [0.25, 0.3) is 0 Å². The quantitative estimate of drug-likeness (QED) is 0.656. The summed E-state index contributed by atoms with van der Waals surface area (Å²) in [5.74, 6) is -0.358. The second-order valence-electron chi connectivity index (χ2n) is 6.69. The van der Waals surface area contributed by atoms with Crippen LogP contribution in [0.5, 0.6) is 0 Å². The molecule has 2 aliphatic rings. The summed E-state index contributed by atoms with van der Waals surface area (Å²) in [6.07, 6.45) is 2.92. The second kappa shape index (κ2) is 7.47. The van der Waals surface area contributed by atoms with Gasteiger partial charge in [0, 0.05) is 48.1 Å². The highest BCUT2D eigenvalue weighted by molar-refractivity contribution is 6.05. The van der Waals surface area contributed by atoms with Crippen LogP contribution in [0, 0.1) is 6.92 Å². The van der Waals surface area contributed by atoms with Crippen LogP contribution in [0.2, 0.25) is 0 Å². The molecule has 26 heavy (non-hydrogen) atoms. The number of hydrogen-bond donors (Lipinski definition) is 4. The Morgan fingerprint density at radius 2 is 2.04 bits per heavy atom. The molecule has 0 unspecified atom stereocenters. The van der Waals surface area contributed by atoms with Crippen LogP contribution < -0.4 is 16.0 Å². The first-order valence-corrected chi connectivity index (χ1v) is 8.61. The van der Waals surface area contributed by atoms with Crippen molar-refractivity contribution in [2.75, 3.05) is 11.9 Å². The normalized spacial score (nSPS) is 15.6. The van der Waals surface area contributed by atoms with E-state index in [4.69, 9.17) is 0 Å². The van der Waals surface area contributed by atoms with Crippen LogP contribution in [0.1, 0.15) is 50.5 Å². The Balaban J connectivity index is 0.00000196. The molecule has 1 aliphatic carbocycles. The number of aromatic amines is 1. The molecule has 8 heteroatoms. The Morgan fingerprint density at radius 3 is 2.81 bits per heavy atom. The second-order valence-corrected chi connectivity index (χ2v) is 6.69. The number of rotatable bonds is 4. The minimum absolute atomic E-state index is 0. The van der Waals surface area contributed by atoms with E-state index in [9.17, 15) is 9.59 Å². The van der Waals surface area contributed by atoms with E-state index >= 15 is 0 Å². The molecule has 0 atom stereocenters. The van der Waals surface area contributed by atoms with Gasteiger partial charge in [-0.2, -0.15) is 5.10 Å². The zero-order chi connectivity index (χ0) is 17.4. The lowest BCUT2D eigenvalue weighted by Gasteiger charge is -2.14. The van der Waals surface area contributed by atoms with E-state index in [2.05, 4.69) is 26.1 Å². The van der Waals surface area contributed by atoms with Crippen molar-refractivity contribution in [2.24, 2.45) is 0 Å². The van der Waals surface area contributed by atoms with Crippen LogP contribution in [0.15, 0.2) is 18.2 Å². The summed E-state index contributed by atoms with van der Waals surface area (Å²) in [5.41, 5.74) is 4.43. The molecular formula is C18H22ClN5O2. The lowest BCUT2D eigenvalue weighted by molar-refractivity contribution is 0.0949. The van der Waals surface area contributed by atoms with Gasteiger partial charge >= 0.3 is 0 Å². The third kappa shape index (κ3) is 3.73. The Kier molecular flexibility index (Phi) is 5.29. The average Bonchev–Trinajstić information content (AvgIpc) is 3.32. The largest absolute Gasteiger partial charge is 0.349 e. The number of fused-ring (bicyclic) bond motifs is 1. The van der Waals surface area contributed by atoms with Crippen molar-refractivity contribution in [1.82, 2.24) is 20.8 Å². The minimum Gasteiger partial charge on any atom is -0.349 e. The number of benzene rings is 1. The summed E-state index contributed by atoms with van der Waals surface area (Å²) in [4.78, 5) is 24.9. The number of H-pyrrole nitrogens is 1. The highest BCUT2D eigenvalue weighted by Gasteiger charge is 2.25. The first kappa shape index (κ1) is 18.4. The van der Waals surface area contributed by atoms with Crippen molar-refractivity contribution in [3.63, 3.8) is 0 Å². The van der Waals surface area contributed by atoms with Gasteiger partial charge in [-0.25, -0.2) is 0 Å². The molecular weight excluding hydrogens is 354 g/mol. The number of carbonyl (C=O) groups excluding carboxylic acids is 2. The maximum Gasteiger partial charge on any atom is 0.276 e. The first-order valence-electron chi connectivity index (χ1n) is 8.61. The number of amides is 2. The van der Waals surface area contributed by atoms with Gasteiger partial charge in [-0.1, -0.05) is 6.07 Å². The smallest absolute Gasteiger partial charge is 0.276 e. The summed E-state index contributed by atoms with van der Waals surface area (Å²) in [5, 5.41) is 16.2. The molecule has 1 aromatic carbocycles. The third-order valence-corrected chi connectivity index (χ3v) is 4.68. The van der Waals surface area contributed by atoms with Gasteiger partial charge in [0.2, 0.25) is 0 Å². The SMILES string of the molecule is Cc1ccc(C(=O)NC2CC2)cc1NC(=O)c1n[nH]c2c1CNCC2.Cl. The molecule has 4 N–H and O–H groups in total. The Morgan fingerprint density at radius 1 is 1.23 bits per heavy atom. The van der Waals surface area contributed by atoms with Crippen molar-refractivity contribution >= 4 is 29.9 Å². The molecule has 0 radical (unpaired) electrons. The molecule has 0 bridgehead atoms. The van der Waals surface area contributed by atoms with Gasteiger partial charge in [0.25, 0.3) is 11.8 Å². The fourth-order valence-corrected chi connectivity index (χ4v) is 2.99. The topological polar surface area (TPSA) is 98.9 Å². The minimum atomic E-state index is -0.260. The molecule has 138 valence electrons. The van der Waals surface area contributed by atoms with Gasteiger partial charge in [0.05, 0.1) is 0 Å². The van der Waals surface area contributed by atoms with E-state index in [-0.39, 0.29) is 24.2 Å². The maximum atomic E-state index is 12.6. The fourth-order valence-electron chi connectivity index (χ4n) is 2.99. The molecule has 1 fully saturated rings. The van der Waals surface area contributed by atoms with Crippen LogP contribution in [-0.4, -0.2) is 34.6 Å². The van der Waals surface area contributed by atoms with Gasteiger partial charge in [0.15, 0.2) is 5.69 Å². The van der Waals surface area contributed by atoms with Gasteiger partial charge in [-0.05, 0) is 37.5 Å². The molecule has 2 amide bonds. The third-order valence-electron chi connectivity index (χ3n) is 4.68. The van der Waals surface area contributed by atoms with Gasteiger partial charge in [-0.3, -0.25) is 14.7 Å². The molecule has 1 saturated carbocycles. The van der Waals surface area contributed by atoms with Crippen molar-refractivity contribution in [3.05, 3.63) is 46.3 Å². The lowest BCUT2D eigenvalue weighted by atomic mass is 10.1. The van der Waals surface area contributed by atoms with E-state index < -0.39 is 0 Å². The van der Waals surface area contributed by atoms with Gasteiger partial charge in [0.1, 0.15) is 0 Å². The van der Waals surface area contributed by atoms with E-state index in [1.54, 1.807) is 12.1 Å². The first-order chi connectivity index (χ1) is 12.1. The molecule has 2 aromatic rings. The maximum absolute atomic E-state index is 12.6. The van der Waals surface area contributed by atoms with Gasteiger partial charge in [-0.15, -0.1) is 12.4 Å². The van der Waals surface area contributed by atoms with Gasteiger partial charge < -0.3 is 16.0 Å². The summed E-state index contributed by atoms with van der Waals surface area (Å²) in [6.45, 7) is 3.42. The zero-order valence-electron chi connectivity index (χ0n) is 14.5. The lowest BCUT2D eigenvalue weighted by Crippen LogP contribution is -2.26. The number of nitrogens with zero attached hydrogens (tertiary/aromatic N) is 1. The van der Waals surface area contributed by atoms with E-state index in [0.29, 0.717) is 29.5 Å². The van der Waals surface area contributed by atoms with E-state index in [1.165, 1.54) is 0 Å². The Hall–Kier alpha value is -2.38.